The zero-order valence-electron chi connectivity index (χ0n) is 11.2. The number of nitrogens with zero attached hydrogens (tertiary/aromatic N) is 3. The standard InChI is InChI=1S/C12H11ClN4O4/c1-7(2)21-12(18)10(6-14)16-15-8-3-4-11(17(19)20)9(13)5-8/h3-5,7,15H,1-2H3/b16-10+. The number of hydrogen-bond acceptors (Lipinski definition) is 7. The molecule has 0 radical (unpaired) electrons. The predicted octanol–water partition coefficient (Wildman–Crippen LogP) is 2.49. The molecule has 0 aliphatic carbocycles. The number of benzene rings is 1. The summed E-state index contributed by atoms with van der Waals surface area (Å²) in [5.41, 5.74) is 1.97. The zero-order valence-corrected chi connectivity index (χ0v) is 11.9. The van der Waals surface area contributed by atoms with Crippen LogP contribution in [0.3, 0.4) is 0 Å². The summed E-state index contributed by atoms with van der Waals surface area (Å²) in [5, 5.41) is 22.9. The minimum atomic E-state index is -0.868. The van der Waals surface area contributed by atoms with Gasteiger partial charge in [0.1, 0.15) is 11.1 Å². The Kier molecular flexibility index (Phi) is 5.63. The van der Waals surface area contributed by atoms with Gasteiger partial charge in [-0.1, -0.05) is 11.6 Å². The number of rotatable bonds is 5. The van der Waals surface area contributed by atoms with Crippen molar-refractivity contribution in [3.8, 4) is 6.07 Å². The number of ether oxygens (including phenoxy) is 1. The largest absolute Gasteiger partial charge is 0.458 e. The van der Waals surface area contributed by atoms with Crippen LogP contribution in [0.15, 0.2) is 23.3 Å². The Hall–Kier alpha value is -2.66. The first-order valence-corrected chi connectivity index (χ1v) is 6.11. The van der Waals surface area contributed by atoms with E-state index < -0.39 is 16.6 Å². The lowest BCUT2D eigenvalue weighted by molar-refractivity contribution is -0.384. The van der Waals surface area contributed by atoms with Crippen LogP contribution < -0.4 is 5.43 Å². The van der Waals surface area contributed by atoms with Gasteiger partial charge in [0, 0.05) is 6.07 Å². The number of nitrogens with one attached hydrogen (secondary N) is 1. The van der Waals surface area contributed by atoms with Crippen LogP contribution in [0, 0.1) is 21.4 Å². The average Bonchev–Trinajstić information content (AvgIpc) is 2.38. The Morgan fingerprint density at radius 2 is 2.24 bits per heavy atom. The maximum atomic E-state index is 11.5. The summed E-state index contributed by atoms with van der Waals surface area (Å²) >= 11 is 5.72. The molecule has 0 aromatic heterocycles. The topological polar surface area (TPSA) is 118 Å². The van der Waals surface area contributed by atoms with Gasteiger partial charge in [-0.25, -0.2) is 4.79 Å². The van der Waals surface area contributed by atoms with Crippen molar-refractivity contribution in [2.75, 3.05) is 5.43 Å². The molecule has 0 unspecified atom stereocenters. The van der Waals surface area contributed by atoms with Crippen molar-refractivity contribution in [3.63, 3.8) is 0 Å². The maximum Gasteiger partial charge on any atom is 0.370 e. The SMILES string of the molecule is CC(C)OC(=O)/C(C#N)=N/Nc1ccc([N+](=O)[O-])c(Cl)c1. The van der Waals surface area contributed by atoms with E-state index in [4.69, 9.17) is 21.6 Å². The van der Waals surface area contributed by atoms with Crippen molar-refractivity contribution in [2.24, 2.45) is 5.10 Å². The van der Waals surface area contributed by atoms with Gasteiger partial charge in [0.05, 0.1) is 16.7 Å². The maximum absolute atomic E-state index is 11.5. The van der Waals surface area contributed by atoms with E-state index in [0.29, 0.717) is 0 Å². The van der Waals surface area contributed by atoms with Crippen molar-refractivity contribution in [1.29, 1.82) is 5.26 Å². The molecular formula is C12H11ClN4O4. The normalized spacial score (nSPS) is 10.9. The highest BCUT2D eigenvalue weighted by atomic mass is 35.5. The number of carbonyl (C=O) groups is 1. The van der Waals surface area contributed by atoms with Gasteiger partial charge < -0.3 is 4.74 Å². The first-order valence-electron chi connectivity index (χ1n) is 5.74. The number of halogens is 1. The Morgan fingerprint density at radius 3 is 2.71 bits per heavy atom. The van der Waals surface area contributed by atoms with E-state index in [1.54, 1.807) is 19.9 Å². The number of hydrogen-bond donors (Lipinski definition) is 1. The fourth-order valence-corrected chi connectivity index (χ4v) is 1.48. The zero-order chi connectivity index (χ0) is 16.0. The molecule has 8 nitrogen and oxygen atoms in total. The molecule has 0 bridgehead atoms. The van der Waals surface area contributed by atoms with Crippen LogP contribution in [-0.4, -0.2) is 22.7 Å². The van der Waals surface area contributed by atoms with Crippen molar-refractivity contribution < 1.29 is 14.5 Å². The van der Waals surface area contributed by atoms with Crippen molar-refractivity contribution >= 4 is 34.7 Å². The number of carbonyl (C=O) groups excluding carboxylic acids is 1. The molecule has 0 saturated heterocycles. The minimum Gasteiger partial charge on any atom is -0.458 e. The second-order valence-corrected chi connectivity index (χ2v) is 4.47. The fourth-order valence-electron chi connectivity index (χ4n) is 1.23. The summed E-state index contributed by atoms with van der Waals surface area (Å²) in [6.45, 7) is 3.27. The van der Waals surface area contributed by atoms with E-state index in [1.807, 2.05) is 0 Å². The van der Waals surface area contributed by atoms with Crippen molar-refractivity contribution in [2.45, 2.75) is 20.0 Å². The molecule has 21 heavy (non-hydrogen) atoms. The Bertz CT molecular complexity index is 637. The summed E-state index contributed by atoms with van der Waals surface area (Å²) in [5.74, 6) is -0.868. The molecule has 1 aromatic rings. The molecule has 0 saturated carbocycles. The lowest BCUT2D eigenvalue weighted by Gasteiger charge is -2.06. The summed E-state index contributed by atoms with van der Waals surface area (Å²) in [6, 6.07) is 5.37. The highest BCUT2D eigenvalue weighted by molar-refractivity contribution is 6.43. The van der Waals surface area contributed by atoms with E-state index in [-0.39, 0.29) is 22.5 Å². The highest BCUT2D eigenvalue weighted by Crippen LogP contribution is 2.27. The average molecular weight is 311 g/mol. The molecule has 9 heteroatoms. The van der Waals surface area contributed by atoms with E-state index in [1.165, 1.54) is 18.2 Å². The van der Waals surface area contributed by atoms with E-state index >= 15 is 0 Å². The van der Waals surface area contributed by atoms with Crippen LogP contribution in [0.1, 0.15) is 13.8 Å². The van der Waals surface area contributed by atoms with Gasteiger partial charge in [0.15, 0.2) is 0 Å². The lowest BCUT2D eigenvalue weighted by Crippen LogP contribution is -2.20. The van der Waals surface area contributed by atoms with E-state index in [9.17, 15) is 14.9 Å². The second-order valence-electron chi connectivity index (χ2n) is 4.06. The molecule has 1 aromatic carbocycles. The summed E-state index contributed by atoms with van der Waals surface area (Å²) in [7, 11) is 0. The lowest BCUT2D eigenvalue weighted by atomic mass is 10.3. The van der Waals surface area contributed by atoms with Crippen LogP contribution in [0.2, 0.25) is 5.02 Å². The molecule has 1 N–H and O–H groups in total. The first-order chi connectivity index (χ1) is 9.85. The van der Waals surface area contributed by atoms with Gasteiger partial charge in [0.2, 0.25) is 5.71 Å². The summed E-state index contributed by atoms with van der Waals surface area (Å²) < 4.78 is 4.82. The van der Waals surface area contributed by atoms with Gasteiger partial charge in [-0.2, -0.15) is 10.4 Å². The number of esters is 1. The molecule has 0 spiro atoms. The van der Waals surface area contributed by atoms with E-state index in [0.717, 1.165) is 0 Å². The van der Waals surface area contributed by atoms with Crippen molar-refractivity contribution in [3.05, 3.63) is 33.3 Å². The number of anilines is 1. The van der Waals surface area contributed by atoms with Crippen LogP contribution in [0.5, 0.6) is 0 Å². The molecule has 0 aliphatic heterocycles. The molecule has 0 heterocycles. The van der Waals surface area contributed by atoms with Crippen LogP contribution in [0.4, 0.5) is 11.4 Å². The second kappa shape index (κ2) is 7.21. The van der Waals surface area contributed by atoms with Gasteiger partial charge >= 0.3 is 5.97 Å². The Morgan fingerprint density at radius 1 is 1.57 bits per heavy atom. The van der Waals surface area contributed by atoms with Crippen molar-refractivity contribution in [1.82, 2.24) is 0 Å². The quantitative estimate of drug-likeness (QED) is 0.386. The molecule has 1 rings (SSSR count). The Labute approximate surface area is 125 Å². The number of nitriles is 1. The molecular weight excluding hydrogens is 300 g/mol. The Balaban J connectivity index is 2.88. The minimum absolute atomic E-state index is 0.0940. The molecule has 0 aliphatic rings. The molecule has 0 fully saturated rings. The van der Waals surface area contributed by atoms with Gasteiger partial charge in [-0.15, -0.1) is 0 Å². The summed E-state index contributed by atoms with van der Waals surface area (Å²) in [4.78, 5) is 21.5. The number of nitro benzene ring substituents is 1. The molecule has 0 amide bonds. The van der Waals surface area contributed by atoms with Gasteiger partial charge in [0.25, 0.3) is 5.69 Å². The summed E-state index contributed by atoms with van der Waals surface area (Å²) in [6.07, 6.45) is -0.384. The molecule has 110 valence electrons. The van der Waals surface area contributed by atoms with Crippen LogP contribution in [-0.2, 0) is 9.53 Å². The number of hydrazone groups is 1. The smallest absolute Gasteiger partial charge is 0.370 e. The third-order valence-electron chi connectivity index (χ3n) is 2.08. The third-order valence-corrected chi connectivity index (χ3v) is 2.39. The van der Waals surface area contributed by atoms with E-state index in [2.05, 4.69) is 10.5 Å². The fraction of sp³-hybridized carbons (Fsp3) is 0.250. The monoisotopic (exact) mass is 310 g/mol. The highest BCUT2D eigenvalue weighted by Gasteiger charge is 2.15. The number of nitro groups is 1. The third kappa shape index (κ3) is 4.74. The van der Waals surface area contributed by atoms with Gasteiger partial charge in [-0.05, 0) is 26.0 Å². The van der Waals surface area contributed by atoms with Gasteiger partial charge in [-0.3, -0.25) is 15.5 Å². The predicted molar refractivity (Wildman–Crippen MR) is 76.0 cm³/mol. The molecule has 0 atom stereocenters. The van der Waals surface area contributed by atoms with Crippen LogP contribution in [0.25, 0.3) is 0 Å². The first kappa shape index (κ1) is 16.4. The van der Waals surface area contributed by atoms with Crippen LogP contribution >= 0.6 is 11.6 Å².